The van der Waals surface area contributed by atoms with Gasteiger partial charge in [0.1, 0.15) is 16.1 Å². The number of carbonyl (C=O) groups excluding carboxylic acids is 1. The van der Waals surface area contributed by atoms with Gasteiger partial charge in [0, 0.05) is 41.7 Å². The predicted octanol–water partition coefficient (Wildman–Crippen LogP) is 4.96. The summed E-state index contributed by atoms with van der Waals surface area (Å²) >= 11 is 1.47. The summed E-state index contributed by atoms with van der Waals surface area (Å²) in [6.07, 6.45) is 8.64. The number of methoxy groups -OCH3 is 2. The van der Waals surface area contributed by atoms with E-state index in [1.165, 1.54) is 31.3 Å². The van der Waals surface area contributed by atoms with Crippen LogP contribution in [0.5, 0.6) is 5.75 Å². The van der Waals surface area contributed by atoms with E-state index in [9.17, 15) is 4.79 Å². The molecule has 1 fully saturated rings. The lowest BCUT2D eigenvalue weighted by Crippen LogP contribution is -2.26. The van der Waals surface area contributed by atoms with Crippen molar-refractivity contribution < 1.29 is 14.3 Å². The molecule has 1 saturated heterocycles. The van der Waals surface area contributed by atoms with Gasteiger partial charge in [0.2, 0.25) is 0 Å². The lowest BCUT2D eigenvalue weighted by molar-refractivity contribution is -0.143. The Hall–Kier alpha value is -3.46. The molecule has 3 heterocycles. The average Bonchev–Trinajstić information content (AvgIpc) is 3.52. The Bertz CT molecular complexity index is 1280. The highest BCUT2D eigenvalue weighted by molar-refractivity contribution is 7.16. The zero-order valence-corrected chi connectivity index (χ0v) is 20.3. The number of allylic oxidation sites excluding steroid dienone is 3. The third-order valence-corrected chi connectivity index (χ3v) is 7.05. The third kappa shape index (κ3) is 4.35. The van der Waals surface area contributed by atoms with E-state index < -0.39 is 0 Å². The van der Waals surface area contributed by atoms with Crippen LogP contribution in [0.2, 0.25) is 0 Å². The van der Waals surface area contributed by atoms with E-state index in [1.54, 1.807) is 12.6 Å². The molecule has 3 aromatic rings. The number of fused-ring (bicyclic) bond motifs is 1. The standard InChI is InChI=1S/C25H27N5O3S/c1-15-5-4-10-30(15)19-11-18(12-20(13-19)32-2)27-23-21-24(34-14-26-21)29-22(28-23)16-6-8-17(9-7-16)25(31)33-3/h6-8,11-15,17H,4-5,9-10H2,1-3H3,(H,27,28,29)/t15-,17?/m0/s1. The predicted molar refractivity (Wildman–Crippen MR) is 135 cm³/mol. The number of esters is 1. The topological polar surface area (TPSA) is 89.5 Å². The van der Waals surface area contributed by atoms with Crippen LogP contribution < -0.4 is 15.0 Å². The van der Waals surface area contributed by atoms with Crippen molar-refractivity contribution in [3.05, 3.63) is 47.8 Å². The zero-order valence-electron chi connectivity index (χ0n) is 19.4. The monoisotopic (exact) mass is 477 g/mol. The van der Waals surface area contributed by atoms with Crippen LogP contribution in [0, 0.1) is 5.92 Å². The highest BCUT2D eigenvalue weighted by Gasteiger charge is 2.23. The van der Waals surface area contributed by atoms with Gasteiger partial charge in [-0.2, -0.15) is 0 Å². The Morgan fingerprint density at radius 3 is 2.82 bits per heavy atom. The van der Waals surface area contributed by atoms with Crippen molar-refractivity contribution in [3.8, 4) is 5.75 Å². The second-order valence-corrected chi connectivity index (χ2v) is 9.35. The average molecular weight is 478 g/mol. The fourth-order valence-electron chi connectivity index (χ4n) is 4.48. The second kappa shape index (κ2) is 9.42. The lowest BCUT2D eigenvalue weighted by atomic mass is 9.96. The molecule has 2 aromatic heterocycles. The first-order valence-corrected chi connectivity index (χ1v) is 12.2. The van der Waals surface area contributed by atoms with Crippen molar-refractivity contribution in [2.75, 3.05) is 31.0 Å². The van der Waals surface area contributed by atoms with Crippen LogP contribution in [-0.2, 0) is 9.53 Å². The SMILES string of the molecule is COC(=O)C1C=CC(c2nc(Nc3cc(OC)cc(N4CCC[C@@H]4C)c3)c3ncsc3n2)=CC1. The number of rotatable bonds is 6. The van der Waals surface area contributed by atoms with Crippen LogP contribution in [0.4, 0.5) is 17.2 Å². The van der Waals surface area contributed by atoms with E-state index in [-0.39, 0.29) is 11.9 Å². The summed E-state index contributed by atoms with van der Waals surface area (Å²) in [6.45, 7) is 3.29. The van der Waals surface area contributed by atoms with Crippen molar-refractivity contribution in [3.63, 3.8) is 0 Å². The molecule has 1 aliphatic heterocycles. The summed E-state index contributed by atoms with van der Waals surface area (Å²) in [6, 6.07) is 6.66. The number of hydrogen-bond donors (Lipinski definition) is 1. The fraction of sp³-hybridized carbons (Fsp3) is 0.360. The Morgan fingerprint density at radius 2 is 2.12 bits per heavy atom. The number of anilines is 3. The third-order valence-electron chi connectivity index (χ3n) is 6.33. The van der Waals surface area contributed by atoms with Crippen LogP contribution in [0.3, 0.4) is 0 Å². The maximum atomic E-state index is 11.8. The molecule has 2 atom stereocenters. The van der Waals surface area contributed by atoms with Gasteiger partial charge >= 0.3 is 5.97 Å². The Balaban J connectivity index is 1.48. The van der Waals surface area contributed by atoms with Crippen LogP contribution >= 0.6 is 11.3 Å². The molecule has 1 aliphatic carbocycles. The van der Waals surface area contributed by atoms with Crippen molar-refractivity contribution in [2.45, 2.75) is 32.2 Å². The molecular weight excluding hydrogens is 450 g/mol. The maximum Gasteiger partial charge on any atom is 0.312 e. The van der Waals surface area contributed by atoms with Gasteiger partial charge in [-0.3, -0.25) is 4.79 Å². The Kier molecular flexibility index (Phi) is 6.19. The fourth-order valence-corrected chi connectivity index (χ4v) is 5.14. The van der Waals surface area contributed by atoms with Gasteiger partial charge in [-0.1, -0.05) is 18.2 Å². The summed E-state index contributed by atoms with van der Waals surface area (Å²) in [7, 11) is 3.09. The highest BCUT2D eigenvalue weighted by Crippen LogP contribution is 2.35. The number of carbonyl (C=O) groups is 1. The van der Waals surface area contributed by atoms with Gasteiger partial charge in [-0.25, -0.2) is 15.0 Å². The molecule has 0 amide bonds. The Labute approximate surface area is 202 Å². The van der Waals surface area contributed by atoms with Crippen molar-refractivity contribution in [1.29, 1.82) is 0 Å². The molecule has 1 N–H and O–H groups in total. The van der Waals surface area contributed by atoms with E-state index in [2.05, 4.69) is 34.3 Å². The van der Waals surface area contributed by atoms with Gasteiger partial charge in [0.25, 0.3) is 0 Å². The number of benzene rings is 1. The Morgan fingerprint density at radius 1 is 1.24 bits per heavy atom. The van der Waals surface area contributed by atoms with E-state index in [0.29, 0.717) is 24.1 Å². The minimum atomic E-state index is -0.276. The summed E-state index contributed by atoms with van der Waals surface area (Å²) < 4.78 is 10.4. The summed E-state index contributed by atoms with van der Waals surface area (Å²) in [5, 5.41) is 3.46. The van der Waals surface area contributed by atoms with Gasteiger partial charge in [-0.05, 0) is 32.3 Å². The van der Waals surface area contributed by atoms with Gasteiger partial charge in [0.15, 0.2) is 11.6 Å². The number of aromatic nitrogens is 3. The lowest BCUT2D eigenvalue weighted by Gasteiger charge is -2.25. The maximum absolute atomic E-state index is 11.8. The molecule has 176 valence electrons. The minimum Gasteiger partial charge on any atom is -0.497 e. The van der Waals surface area contributed by atoms with Crippen LogP contribution in [0.25, 0.3) is 15.9 Å². The van der Waals surface area contributed by atoms with E-state index in [1.807, 2.05) is 24.3 Å². The van der Waals surface area contributed by atoms with Gasteiger partial charge < -0.3 is 19.7 Å². The molecule has 1 aromatic carbocycles. The van der Waals surface area contributed by atoms with Crippen LogP contribution in [0.15, 0.2) is 41.9 Å². The molecular formula is C25H27N5O3S. The van der Waals surface area contributed by atoms with E-state index in [4.69, 9.17) is 19.4 Å². The molecule has 0 saturated carbocycles. The minimum absolute atomic E-state index is 0.242. The molecule has 0 bridgehead atoms. The van der Waals surface area contributed by atoms with Crippen molar-refractivity contribution >= 4 is 50.4 Å². The second-order valence-electron chi connectivity index (χ2n) is 8.52. The molecule has 0 spiro atoms. The zero-order chi connectivity index (χ0) is 23.7. The highest BCUT2D eigenvalue weighted by atomic mass is 32.1. The van der Waals surface area contributed by atoms with Crippen molar-refractivity contribution in [2.24, 2.45) is 5.92 Å². The van der Waals surface area contributed by atoms with Gasteiger partial charge in [-0.15, -0.1) is 11.3 Å². The van der Waals surface area contributed by atoms with Crippen LogP contribution in [0.1, 0.15) is 32.0 Å². The van der Waals surface area contributed by atoms with E-state index >= 15 is 0 Å². The first kappa shape index (κ1) is 22.3. The molecule has 9 heteroatoms. The van der Waals surface area contributed by atoms with E-state index in [0.717, 1.165) is 39.6 Å². The van der Waals surface area contributed by atoms with Crippen molar-refractivity contribution in [1.82, 2.24) is 15.0 Å². The number of nitrogens with zero attached hydrogens (tertiary/aromatic N) is 4. The van der Waals surface area contributed by atoms with Gasteiger partial charge in [0.05, 0.1) is 25.6 Å². The summed E-state index contributed by atoms with van der Waals surface area (Å²) in [5.74, 6) is 1.50. The van der Waals surface area contributed by atoms with Crippen LogP contribution in [-0.4, -0.2) is 47.7 Å². The molecule has 5 rings (SSSR count). The number of thiazole rings is 1. The number of hydrogen-bond acceptors (Lipinski definition) is 9. The number of nitrogens with one attached hydrogen (secondary N) is 1. The first-order chi connectivity index (χ1) is 16.6. The molecule has 2 aliphatic rings. The largest absolute Gasteiger partial charge is 0.497 e. The quantitative estimate of drug-likeness (QED) is 0.498. The first-order valence-electron chi connectivity index (χ1n) is 11.4. The number of ether oxygens (including phenoxy) is 2. The summed E-state index contributed by atoms with van der Waals surface area (Å²) in [4.78, 5) is 29.1. The molecule has 0 radical (unpaired) electrons. The normalized spacial score (nSPS) is 19.9. The molecule has 1 unspecified atom stereocenters. The summed E-state index contributed by atoms with van der Waals surface area (Å²) in [5.41, 5.74) is 5.38. The molecule has 34 heavy (non-hydrogen) atoms. The molecule has 8 nitrogen and oxygen atoms in total. The smallest absolute Gasteiger partial charge is 0.312 e.